The van der Waals surface area contributed by atoms with E-state index in [1.165, 1.54) is 0 Å². The highest BCUT2D eigenvalue weighted by Crippen LogP contribution is 2.23. The lowest BCUT2D eigenvalue weighted by Crippen LogP contribution is -2.37. The van der Waals surface area contributed by atoms with E-state index >= 15 is 0 Å². The zero-order valence-corrected chi connectivity index (χ0v) is 15.2. The third-order valence-electron chi connectivity index (χ3n) is 3.59. The second kappa shape index (κ2) is 7.59. The summed E-state index contributed by atoms with van der Waals surface area (Å²) in [5.74, 6) is -0.0115. The maximum atomic E-state index is 12.2. The molecule has 6 heteroatoms. The third-order valence-corrected chi connectivity index (χ3v) is 5.24. The van der Waals surface area contributed by atoms with Crippen LogP contribution in [0.2, 0.25) is 0 Å². The lowest BCUT2D eigenvalue weighted by atomic mass is 10.1. The van der Waals surface area contributed by atoms with Gasteiger partial charge < -0.3 is 10.6 Å². The number of carbonyl (C=O) groups excluding carboxylic acids is 1. The van der Waals surface area contributed by atoms with E-state index in [0.29, 0.717) is 6.54 Å². The Morgan fingerprint density at radius 3 is 2.62 bits per heavy atom. The first-order valence-electron chi connectivity index (χ1n) is 7.71. The van der Waals surface area contributed by atoms with Gasteiger partial charge in [0, 0.05) is 21.5 Å². The number of aryl methyl sites for hydroxylation is 1. The summed E-state index contributed by atoms with van der Waals surface area (Å²) in [5.41, 5.74) is 3.00. The highest BCUT2D eigenvalue weighted by atomic mass is 32.1. The second-order valence-corrected chi connectivity index (χ2v) is 7.59. The molecule has 2 N–H and O–H groups in total. The molecule has 3 rings (SSSR count). The van der Waals surface area contributed by atoms with Crippen molar-refractivity contribution in [1.82, 2.24) is 10.3 Å². The first kappa shape index (κ1) is 16.7. The number of benzene rings is 1. The van der Waals surface area contributed by atoms with Crippen LogP contribution in [0, 0.1) is 6.92 Å². The number of nitrogens with one attached hydrogen (secondary N) is 2. The van der Waals surface area contributed by atoms with Crippen molar-refractivity contribution in [2.24, 2.45) is 0 Å². The van der Waals surface area contributed by atoms with Crippen LogP contribution in [0.3, 0.4) is 0 Å². The predicted molar refractivity (Wildman–Crippen MR) is 102 cm³/mol. The van der Waals surface area contributed by atoms with Crippen molar-refractivity contribution >= 4 is 34.3 Å². The Labute approximate surface area is 149 Å². The Hall–Kier alpha value is -2.18. The molecule has 1 aromatic carbocycles. The van der Waals surface area contributed by atoms with E-state index in [0.717, 1.165) is 26.8 Å². The molecule has 0 unspecified atom stereocenters. The fourth-order valence-electron chi connectivity index (χ4n) is 2.29. The summed E-state index contributed by atoms with van der Waals surface area (Å²) in [6.45, 7) is 4.44. The van der Waals surface area contributed by atoms with Crippen molar-refractivity contribution in [1.29, 1.82) is 0 Å². The molecule has 0 bridgehead atoms. The summed E-state index contributed by atoms with van der Waals surface area (Å²) < 4.78 is 0. The van der Waals surface area contributed by atoms with Gasteiger partial charge in [-0.2, -0.15) is 0 Å². The van der Waals surface area contributed by atoms with Gasteiger partial charge in [0.25, 0.3) is 0 Å². The summed E-state index contributed by atoms with van der Waals surface area (Å²) in [6.07, 6.45) is 0. The van der Waals surface area contributed by atoms with Gasteiger partial charge in [-0.15, -0.1) is 22.7 Å². The molecule has 0 aliphatic heterocycles. The van der Waals surface area contributed by atoms with Crippen LogP contribution in [-0.2, 0) is 11.3 Å². The van der Waals surface area contributed by atoms with Gasteiger partial charge in [0.05, 0.1) is 17.2 Å². The van der Waals surface area contributed by atoms with E-state index in [9.17, 15) is 4.79 Å². The van der Waals surface area contributed by atoms with Crippen LogP contribution >= 0.6 is 22.7 Å². The van der Waals surface area contributed by atoms with Gasteiger partial charge in [0.15, 0.2) is 0 Å². The monoisotopic (exact) mass is 357 g/mol. The van der Waals surface area contributed by atoms with Crippen molar-refractivity contribution < 1.29 is 4.79 Å². The predicted octanol–water partition coefficient (Wildman–Crippen LogP) is 4.30. The summed E-state index contributed by atoms with van der Waals surface area (Å²) in [5, 5.41) is 11.3. The Morgan fingerprint density at radius 2 is 2.00 bits per heavy atom. The number of rotatable bonds is 6. The fourth-order valence-corrected chi connectivity index (χ4v) is 3.56. The van der Waals surface area contributed by atoms with E-state index in [-0.39, 0.29) is 11.9 Å². The summed E-state index contributed by atoms with van der Waals surface area (Å²) in [7, 11) is 0. The van der Waals surface area contributed by atoms with Crippen LogP contribution in [0.15, 0.2) is 47.2 Å². The number of hydrogen-bond acceptors (Lipinski definition) is 5. The normalized spacial score (nSPS) is 11.9. The lowest BCUT2D eigenvalue weighted by Gasteiger charge is -2.15. The number of nitrogens with zero attached hydrogens (tertiary/aromatic N) is 1. The summed E-state index contributed by atoms with van der Waals surface area (Å²) in [4.78, 5) is 17.8. The van der Waals surface area contributed by atoms with Gasteiger partial charge in [0.1, 0.15) is 6.04 Å². The number of hydrogen-bond donors (Lipinski definition) is 2. The van der Waals surface area contributed by atoms with Crippen molar-refractivity contribution in [3.8, 4) is 11.3 Å². The molecular formula is C18H19N3OS2. The topological polar surface area (TPSA) is 54.0 Å². The number of anilines is 1. The number of thiophene rings is 1. The van der Waals surface area contributed by atoms with Crippen molar-refractivity contribution in [3.05, 3.63) is 57.0 Å². The van der Waals surface area contributed by atoms with Crippen LogP contribution in [0.25, 0.3) is 11.3 Å². The third kappa shape index (κ3) is 4.21. The highest BCUT2D eigenvalue weighted by Gasteiger charge is 2.12. The van der Waals surface area contributed by atoms with E-state index in [1.54, 1.807) is 22.7 Å². The van der Waals surface area contributed by atoms with Crippen molar-refractivity contribution in [3.63, 3.8) is 0 Å². The number of aromatic nitrogens is 1. The smallest absolute Gasteiger partial charge is 0.242 e. The standard InChI is InChI=1S/C18H19N3OS2/c1-12(18(22)19-10-16-4-3-9-23-16)20-15-7-5-14(6-8-15)17-11-24-13(2)21-17/h3-9,11-12,20H,10H2,1-2H3,(H,19,22)/t12-/m1/s1. The summed E-state index contributed by atoms with van der Waals surface area (Å²) >= 11 is 3.29. The molecule has 0 saturated heterocycles. The molecule has 0 saturated carbocycles. The first-order valence-corrected chi connectivity index (χ1v) is 9.47. The molecule has 24 heavy (non-hydrogen) atoms. The minimum Gasteiger partial charge on any atom is -0.374 e. The van der Waals surface area contributed by atoms with Crippen LogP contribution in [0.1, 0.15) is 16.8 Å². The van der Waals surface area contributed by atoms with Crippen molar-refractivity contribution in [2.45, 2.75) is 26.4 Å². The quantitative estimate of drug-likeness (QED) is 0.692. The Balaban J connectivity index is 1.55. The van der Waals surface area contributed by atoms with E-state index in [4.69, 9.17) is 0 Å². The second-order valence-electron chi connectivity index (χ2n) is 5.49. The maximum absolute atomic E-state index is 12.2. The molecule has 0 fully saturated rings. The minimum atomic E-state index is -0.294. The lowest BCUT2D eigenvalue weighted by molar-refractivity contribution is -0.121. The van der Waals surface area contributed by atoms with Crippen LogP contribution in [-0.4, -0.2) is 16.9 Å². The van der Waals surface area contributed by atoms with Gasteiger partial charge in [-0.3, -0.25) is 4.79 Å². The molecule has 4 nitrogen and oxygen atoms in total. The number of thiazole rings is 1. The van der Waals surface area contributed by atoms with Gasteiger partial charge in [0.2, 0.25) is 5.91 Å². The molecule has 2 heterocycles. The van der Waals surface area contributed by atoms with Gasteiger partial charge in [-0.25, -0.2) is 4.98 Å². The first-order chi connectivity index (χ1) is 11.6. The Kier molecular flexibility index (Phi) is 5.27. The zero-order valence-electron chi connectivity index (χ0n) is 13.6. The molecule has 0 spiro atoms. The molecule has 0 radical (unpaired) electrons. The number of carbonyl (C=O) groups is 1. The Morgan fingerprint density at radius 1 is 1.21 bits per heavy atom. The fraction of sp³-hybridized carbons (Fsp3) is 0.222. The van der Waals surface area contributed by atoms with E-state index in [2.05, 4.69) is 21.0 Å². The average Bonchev–Trinajstić information content (AvgIpc) is 3.25. The molecule has 2 aromatic heterocycles. The van der Waals surface area contributed by atoms with E-state index in [1.807, 2.05) is 55.6 Å². The van der Waals surface area contributed by atoms with Crippen LogP contribution < -0.4 is 10.6 Å². The highest BCUT2D eigenvalue weighted by molar-refractivity contribution is 7.10. The molecule has 1 amide bonds. The van der Waals surface area contributed by atoms with Crippen LogP contribution in [0.5, 0.6) is 0 Å². The van der Waals surface area contributed by atoms with E-state index < -0.39 is 0 Å². The molecule has 0 aliphatic carbocycles. The SMILES string of the molecule is Cc1nc(-c2ccc(N[C@H](C)C(=O)NCc3cccs3)cc2)cs1. The molecule has 3 aromatic rings. The van der Waals surface area contributed by atoms with Gasteiger partial charge in [-0.05, 0) is 37.4 Å². The van der Waals surface area contributed by atoms with Gasteiger partial charge in [-0.1, -0.05) is 18.2 Å². The maximum Gasteiger partial charge on any atom is 0.242 e. The molecule has 0 aliphatic rings. The minimum absolute atomic E-state index is 0.0115. The summed E-state index contributed by atoms with van der Waals surface area (Å²) in [6, 6.07) is 11.7. The Bertz CT molecular complexity index is 794. The van der Waals surface area contributed by atoms with Crippen molar-refractivity contribution in [2.75, 3.05) is 5.32 Å². The van der Waals surface area contributed by atoms with Crippen LogP contribution in [0.4, 0.5) is 5.69 Å². The molecule has 1 atom stereocenters. The molecule has 124 valence electrons. The molecular weight excluding hydrogens is 338 g/mol. The van der Waals surface area contributed by atoms with Gasteiger partial charge >= 0.3 is 0 Å². The average molecular weight is 358 g/mol. The number of amides is 1. The largest absolute Gasteiger partial charge is 0.374 e. The zero-order chi connectivity index (χ0) is 16.9.